The summed E-state index contributed by atoms with van der Waals surface area (Å²) in [7, 11) is 1.69. The number of carbonyl (C=O) groups excluding carboxylic acids is 1. The van der Waals surface area contributed by atoms with Crippen LogP contribution in [0.1, 0.15) is 59.1 Å². The second-order valence-electron chi connectivity index (χ2n) is 6.85. The third kappa shape index (κ3) is 9.08. The van der Waals surface area contributed by atoms with Crippen molar-refractivity contribution in [2.24, 2.45) is 4.99 Å². The van der Waals surface area contributed by atoms with Gasteiger partial charge in [-0.25, -0.2) is 4.98 Å². The number of hydrogen-bond acceptors (Lipinski definition) is 4. The fourth-order valence-corrected chi connectivity index (χ4v) is 1.86. The highest BCUT2D eigenvalue weighted by atomic mass is 127. The van der Waals surface area contributed by atoms with Crippen LogP contribution in [0.25, 0.3) is 0 Å². The number of aromatic nitrogens is 1. The van der Waals surface area contributed by atoms with Gasteiger partial charge < -0.3 is 20.4 Å². The van der Waals surface area contributed by atoms with E-state index >= 15 is 0 Å². The monoisotopic (exact) mass is 465 g/mol. The number of aliphatic imine (C=N–C) groups is 1. The summed E-state index contributed by atoms with van der Waals surface area (Å²) >= 11 is 0. The Morgan fingerprint density at radius 3 is 2.56 bits per heavy atom. The summed E-state index contributed by atoms with van der Waals surface area (Å²) in [6.07, 6.45) is 3.08. The van der Waals surface area contributed by atoms with E-state index in [9.17, 15) is 4.79 Å². The van der Waals surface area contributed by atoms with Crippen LogP contribution in [0.5, 0.6) is 0 Å². The van der Waals surface area contributed by atoms with Crippen LogP contribution in [-0.2, 0) is 16.8 Å². The topological polar surface area (TPSA) is 91.5 Å². The van der Waals surface area contributed by atoms with Crippen LogP contribution in [0.15, 0.2) is 15.6 Å². The number of nitrogens with one attached hydrogen (secondary N) is 3. The molecule has 3 N–H and O–H groups in total. The third-order valence-electron chi connectivity index (χ3n) is 3.59. The Bertz CT molecular complexity index is 551. The summed E-state index contributed by atoms with van der Waals surface area (Å²) in [6.45, 7) is 11.2. The Labute approximate surface area is 167 Å². The average molecular weight is 465 g/mol. The van der Waals surface area contributed by atoms with Crippen molar-refractivity contribution in [2.45, 2.75) is 65.5 Å². The van der Waals surface area contributed by atoms with Gasteiger partial charge >= 0.3 is 0 Å². The van der Waals surface area contributed by atoms with Crippen LogP contribution in [0, 0.1) is 0 Å². The molecule has 0 saturated carbocycles. The summed E-state index contributed by atoms with van der Waals surface area (Å²) in [5.74, 6) is 2.11. The maximum atomic E-state index is 11.7. The fourth-order valence-electron chi connectivity index (χ4n) is 1.86. The molecule has 1 rings (SSSR count). The van der Waals surface area contributed by atoms with Gasteiger partial charge in [0.15, 0.2) is 5.96 Å². The molecule has 1 aromatic rings. The zero-order valence-electron chi connectivity index (χ0n) is 16.1. The Balaban J connectivity index is 0.00000576. The first-order valence-electron chi connectivity index (χ1n) is 8.45. The zero-order chi connectivity index (χ0) is 18.2. The maximum Gasteiger partial charge on any atom is 0.221 e. The van der Waals surface area contributed by atoms with E-state index in [2.05, 4.69) is 46.7 Å². The largest absolute Gasteiger partial charge is 0.443 e. The Hall–Kier alpha value is -1.32. The van der Waals surface area contributed by atoms with Gasteiger partial charge in [0.05, 0.1) is 12.7 Å². The molecule has 1 unspecified atom stereocenters. The Morgan fingerprint density at radius 1 is 1.36 bits per heavy atom. The summed E-state index contributed by atoms with van der Waals surface area (Å²) in [5.41, 5.74) is -0.0613. The minimum Gasteiger partial charge on any atom is -0.443 e. The van der Waals surface area contributed by atoms with Crippen molar-refractivity contribution in [3.63, 3.8) is 0 Å². The molecular weight excluding hydrogens is 433 g/mol. The molecule has 7 nitrogen and oxygen atoms in total. The number of guanidine groups is 1. The molecule has 0 spiro atoms. The van der Waals surface area contributed by atoms with E-state index in [0.717, 1.165) is 12.2 Å². The molecule has 1 amide bonds. The minimum absolute atomic E-state index is 0. The SMILES string of the molecule is CCC(C)NC(=O)CCNC(=NC)NCc1ncc(C(C)(C)C)o1.I. The molecule has 0 radical (unpaired) electrons. The van der Waals surface area contributed by atoms with Crippen LogP contribution in [0.3, 0.4) is 0 Å². The first-order chi connectivity index (χ1) is 11.3. The molecule has 0 aromatic carbocycles. The lowest BCUT2D eigenvalue weighted by atomic mass is 9.94. The van der Waals surface area contributed by atoms with E-state index in [1.807, 2.05) is 13.8 Å². The summed E-state index contributed by atoms with van der Waals surface area (Å²) < 4.78 is 5.72. The van der Waals surface area contributed by atoms with Crippen molar-refractivity contribution < 1.29 is 9.21 Å². The Morgan fingerprint density at radius 2 is 2.04 bits per heavy atom. The predicted octanol–water partition coefficient (Wildman–Crippen LogP) is 2.56. The minimum atomic E-state index is -0.0613. The van der Waals surface area contributed by atoms with E-state index in [0.29, 0.717) is 31.4 Å². The van der Waals surface area contributed by atoms with Crippen LogP contribution in [-0.4, -0.2) is 36.5 Å². The highest BCUT2D eigenvalue weighted by Gasteiger charge is 2.19. The maximum absolute atomic E-state index is 11.7. The first-order valence-corrected chi connectivity index (χ1v) is 8.45. The van der Waals surface area contributed by atoms with Crippen molar-refractivity contribution in [2.75, 3.05) is 13.6 Å². The van der Waals surface area contributed by atoms with Crippen molar-refractivity contribution >= 4 is 35.8 Å². The normalized spacial score (nSPS) is 13.0. The molecule has 0 aliphatic carbocycles. The van der Waals surface area contributed by atoms with Gasteiger partial charge in [-0.05, 0) is 13.3 Å². The van der Waals surface area contributed by atoms with Gasteiger partial charge in [-0.15, -0.1) is 24.0 Å². The number of rotatable bonds is 7. The smallest absolute Gasteiger partial charge is 0.221 e. The summed E-state index contributed by atoms with van der Waals surface area (Å²) in [6, 6.07) is 0.206. The van der Waals surface area contributed by atoms with Crippen LogP contribution < -0.4 is 16.0 Å². The predicted molar refractivity (Wildman–Crippen MR) is 111 cm³/mol. The summed E-state index contributed by atoms with van der Waals surface area (Å²) in [4.78, 5) is 20.1. The Kier molecular flexibility index (Phi) is 10.7. The van der Waals surface area contributed by atoms with Gasteiger partial charge in [0.1, 0.15) is 5.76 Å². The molecule has 1 aromatic heterocycles. The third-order valence-corrected chi connectivity index (χ3v) is 3.59. The fraction of sp³-hybridized carbons (Fsp3) is 0.706. The molecular formula is C17H32IN5O2. The number of amides is 1. The quantitative estimate of drug-likeness (QED) is 0.327. The number of carbonyl (C=O) groups is 1. The molecule has 1 heterocycles. The van der Waals surface area contributed by atoms with Crippen LogP contribution in [0.2, 0.25) is 0 Å². The second kappa shape index (κ2) is 11.3. The summed E-state index contributed by atoms with van der Waals surface area (Å²) in [5, 5.41) is 9.17. The zero-order valence-corrected chi connectivity index (χ0v) is 18.4. The molecule has 0 saturated heterocycles. The van der Waals surface area contributed by atoms with E-state index < -0.39 is 0 Å². The molecule has 0 aliphatic heterocycles. The lowest BCUT2D eigenvalue weighted by Crippen LogP contribution is -2.40. The van der Waals surface area contributed by atoms with Crippen molar-refractivity contribution in [3.05, 3.63) is 17.8 Å². The number of oxazole rings is 1. The molecule has 0 fully saturated rings. The van der Waals surface area contributed by atoms with Crippen LogP contribution >= 0.6 is 24.0 Å². The van der Waals surface area contributed by atoms with E-state index in [-0.39, 0.29) is 41.3 Å². The molecule has 1 atom stereocenters. The molecule has 25 heavy (non-hydrogen) atoms. The van der Waals surface area contributed by atoms with Crippen molar-refractivity contribution in [1.82, 2.24) is 20.9 Å². The number of hydrogen-bond donors (Lipinski definition) is 3. The van der Waals surface area contributed by atoms with Crippen LogP contribution in [0.4, 0.5) is 0 Å². The van der Waals surface area contributed by atoms with Gasteiger partial charge in [-0.2, -0.15) is 0 Å². The van der Waals surface area contributed by atoms with Gasteiger partial charge in [-0.3, -0.25) is 9.79 Å². The highest BCUT2D eigenvalue weighted by Crippen LogP contribution is 2.22. The van der Waals surface area contributed by atoms with Gasteiger partial charge in [0.2, 0.25) is 11.8 Å². The van der Waals surface area contributed by atoms with Gasteiger partial charge in [0, 0.05) is 31.5 Å². The molecule has 144 valence electrons. The van der Waals surface area contributed by atoms with Crippen molar-refractivity contribution in [3.8, 4) is 0 Å². The molecule has 0 aliphatic rings. The van der Waals surface area contributed by atoms with E-state index in [1.54, 1.807) is 13.2 Å². The number of nitrogens with zero attached hydrogens (tertiary/aromatic N) is 2. The van der Waals surface area contributed by atoms with E-state index in [1.165, 1.54) is 0 Å². The first kappa shape index (κ1) is 23.7. The molecule has 8 heteroatoms. The van der Waals surface area contributed by atoms with Gasteiger partial charge in [-0.1, -0.05) is 27.7 Å². The number of halogens is 1. The van der Waals surface area contributed by atoms with E-state index in [4.69, 9.17) is 4.42 Å². The molecule has 0 bridgehead atoms. The lowest BCUT2D eigenvalue weighted by molar-refractivity contribution is -0.121. The standard InChI is InChI=1S/C17H31N5O2.HI/c1-7-12(2)22-14(23)8-9-19-16(18-6)21-11-15-20-10-13(24-15)17(3,4)5;/h10,12H,7-9,11H2,1-6H3,(H,22,23)(H2,18,19,21);1H. The lowest BCUT2D eigenvalue weighted by Gasteiger charge is -2.14. The van der Waals surface area contributed by atoms with Crippen molar-refractivity contribution in [1.29, 1.82) is 0 Å². The van der Waals surface area contributed by atoms with Gasteiger partial charge in [0.25, 0.3) is 0 Å². The highest BCUT2D eigenvalue weighted by molar-refractivity contribution is 14.0. The average Bonchev–Trinajstić information content (AvgIpc) is 2.99. The second-order valence-corrected chi connectivity index (χ2v) is 6.85.